The summed E-state index contributed by atoms with van der Waals surface area (Å²) in [6.45, 7) is 0. The summed E-state index contributed by atoms with van der Waals surface area (Å²) in [5, 5.41) is 0. The normalized spacial score (nSPS) is 8.40. The second kappa shape index (κ2) is 7.63. The fourth-order valence-electron chi connectivity index (χ4n) is 0.385. The summed E-state index contributed by atoms with van der Waals surface area (Å²) in [6, 6.07) is 12.0. The Labute approximate surface area is 76.2 Å². The van der Waals surface area contributed by atoms with Gasteiger partial charge in [0.05, 0.1) is 0 Å². The van der Waals surface area contributed by atoms with Gasteiger partial charge in [-0.1, -0.05) is 70.1 Å². The minimum absolute atomic E-state index is 1.20. The molecule has 0 aliphatic rings. The van der Waals surface area contributed by atoms with Gasteiger partial charge in [-0.05, 0) is 0 Å². The molecule has 0 spiro atoms. The van der Waals surface area contributed by atoms with Crippen molar-refractivity contribution in [1.29, 1.82) is 0 Å². The highest BCUT2D eigenvalue weighted by Crippen LogP contribution is 2.51. The highest BCUT2D eigenvalue weighted by Gasteiger charge is 1.80. The van der Waals surface area contributed by atoms with Crippen LogP contribution in [0.5, 0.6) is 0 Å². The average Bonchev–Trinajstić information content (AvgIpc) is 1.90. The molecule has 0 atom stereocenters. The van der Waals surface area contributed by atoms with Crippen LogP contribution in [0.1, 0.15) is 0 Å². The Bertz CT molecular complexity index is 113. The Kier molecular flexibility index (Phi) is 8.02. The molecule has 0 saturated heterocycles. The van der Waals surface area contributed by atoms with Crippen LogP contribution in [0, 0.1) is 0 Å². The summed E-state index contributed by atoms with van der Waals surface area (Å²) in [5.41, 5.74) is 0. The van der Waals surface area contributed by atoms with Crippen molar-refractivity contribution in [3.63, 3.8) is 0 Å². The zero-order valence-electron chi connectivity index (χ0n) is 5.05. The minimum Gasteiger partial charge on any atom is -0.0623 e. The molecule has 1 aromatic carbocycles. The molecule has 0 saturated carbocycles. The fraction of sp³-hybridized carbons (Fsp3) is 0. The van der Waals surface area contributed by atoms with E-state index >= 15 is 0 Å². The van der Waals surface area contributed by atoms with Crippen LogP contribution < -0.4 is 0 Å². The fourth-order valence-corrected chi connectivity index (χ4v) is 0.385. The molecule has 4 heteroatoms. The average molecular weight is 215 g/mol. The summed E-state index contributed by atoms with van der Waals surface area (Å²) in [7, 11) is 0. The molecule has 0 aromatic heterocycles. The monoisotopic (exact) mass is 214 g/mol. The lowest BCUT2D eigenvalue weighted by Gasteiger charge is -1.69. The van der Waals surface area contributed by atoms with Crippen molar-refractivity contribution in [3.8, 4) is 0 Å². The van der Waals surface area contributed by atoms with E-state index in [1.54, 1.807) is 0 Å². The van der Waals surface area contributed by atoms with Gasteiger partial charge in [0.25, 0.3) is 0 Å². The summed E-state index contributed by atoms with van der Waals surface area (Å²) in [6.07, 6.45) is 0. The third-order valence-corrected chi connectivity index (χ3v) is 0.667. The standard InChI is InChI=1S/C6H6.Cl3P/c1-2-4-6-5-3-1;1-4(2)3/h1-6H;. The molecule has 56 valence electrons. The molecule has 0 heterocycles. The van der Waals surface area contributed by atoms with Gasteiger partial charge in [-0.2, -0.15) is 0 Å². The number of rotatable bonds is 0. The lowest BCUT2D eigenvalue weighted by molar-refractivity contribution is 1.72. The first-order chi connectivity index (χ1) is 4.73. The van der Waals surface area contributed by atoms with Gasteiger partial charge >= 0.3 is 0 Å². The molecule has 0 nitrogen and oxygen atoms in total. The van der Waals surface area contributed by atoms with Gasteiger partial charge in [0, 0.05) is 0 Å². The van der Waals surface area contributed by atoms with Crippen LogP contribution in [0.4, 0.5) is 0 Å². The zero-order valence-corrected chi connectivity index (χ0v) is 8.21. The van der Waals surface area contributed by atoms with E-state index in [2.05, 4.69) is 0 Å². The molecule has 10 heavy (non-hydrogen) atoms. The van der Waals surface area contributed by atoms with Gasteiger partial charge in [-0.3, -0.25) is 0 Å². The second-order valence-corrected chi connectivity index (χ2v) is 6.33. The van der Waals surface area contributed by atoms with Crippen LogP contribution in [0.3, 0.4) is 0 Å². The second-order valence-electron chi connectivity index (χ2n) is 1.35. The highest BCUT2D eigenvalue weighted by atomic mass is 36.0. The first-order valence-corrected chi connectivity index (χ1v) is 6.56. The lowest BCUT2D eigenvalue weighted by atomic mass is 10.4. The van der Waals surface area contributed by atoms with E-state index in [4.69, 9.17) is 33.7 Å². The smallest absolute Gasteiger partial charge is 0.0623 e. The largest absolute Gasteiger partial charge is 0.179 e. The molecule has 1 rings (SSSR count). The van der Waals surface area contributed by atoms with Crippen LogP contribution in [-0.2, 0) is 0 Å². The van der Waals surface area contributed by atoms with Gasteiger partial charge in [0.15, 0.2) is 5.98 Å². The van der Waals surface area contributed by atoms with E-state index in [9.17, 15) is 0 Å². The number of hydrogen-bond acceptors (Lipinski definition) is 0. The predicted molar refractivity (Wildman–Crippen MR) is 50.9 cm³/mol. The third kappa shape index (κ3) is 11.3. The highest BCUT2D eigenvalue weighted by molar-refractivity contribution is 8.20. The number of benzene rings is 1. The van der Waals surface area contributed by atoms with Crippen molar-refractivity contribution in [3.05, 3.63) is 36.4 Å². The van der Waals surface area contributed by atoms with Crippen LogP contribution >= 0.6 is 39.7 Å². The van der Waals surface area contributed by atoms with Crippen LogP contribution in [0.2, 0.25) is 0 Å². The van der Waals surface area contributed by atoms with Gasteiger partial charge in [0.2, 0.25) is 0 Å². The Balaban J connectivity index is 0.000000180. The van der Waals surface area contributed by atoms with Crippen LogP contribution in [0.15, 0.2) is 36.4 Å². The van der Waals surface area contributed by atoms with E-state index in [-0.39, 0.29) is 0 Å². The van der Waals surface area contributed by atoms with E-state index in [1.165, 1.54) is 0 Å². The number of hydrogen-bond donors (Lipinski definition) is 0. The van der Waals surface area contributed by atoms with E-state index in [1.807, 2.05) is 36.4 Å². The molecule has 0 fully saturated rings. The summed E-state index contributed by atoms with van der Waals surface area (Å²) in [4.78, 5) is 0. The molecule has 0 radical (unpaired) electrons. The van der Waals surface area contributed by atoms with Gasteiger partial charge < -0.3 is 0 Å². The van der Waals surface area contributed by atoms with Crippen molar-refractivity contribution >= 4 is 39.7 Å². The molecule has 0 unspecified atom stereocenters. The molecule has 0 aliphatic carbocycles. The van der Waals surface area contributed by atoms with Crippen molar-refractivity contribution in [1.82, 2.24) is 0 Å². The Morgan fingerprint density at radius 3 is 0.800 bits per heavy atom. The summed E-state index contributed by atoms with van der Waals surface area (Å²) in [5.74, 6) is -1.20. The van der Waals surface area contributed by atoms with Crippen molar-refractivity contribution in [2.75, 3.05) is 0 Å². The molecular weight excluding hydrogens is 209 g/mol. The zero-order chi connectivity index (χ0) is 7.82. The molecule has 0 bridgehead atoms. The predicted octanol–water partition coefficient (Wildman–Crippen LogP) is 4.62. The van der Waals surface area contributed by atoms with Gasteiger partial charge in [-0.15, -0.1) is 0 Å². The van der Waals surface area contributed by atoms with Crippen molar-refractivity contribution in [2.45, 2.75) is 0 Å². The Hall–Kier alpha value is 0.520. The molecule has 1 aromatic rings. The van der Waals surface area contributed by atoms with Crippen molar-refractivity contribution < 1.29 is 0 Å². The van der Waals surface area contributed by atoms with Crippen LogP contribution in [-0.4, -0.2) is 0 Å². The van der Waals surface area contributed by atoms with E-state index in [0.717, 1.165) is 0 Å². The van der Waals surface area contributed by atoms with Gasteiger partial charge in [-0.25, -0.2) is 0 Å². The first-order valence-electron chi connectivity index (χ1n) is 2.51. The SMILES string of the molecule is ClP(Cl)Cl.c1ccccc1. The minimum atomic E-state index is -1.20. The molecular formula is C6H6Cl3P. The lowest BCUT2D eigenvalue weighted by Crippen LogP contribution is -1.47. The molecule has 0 N–H and O–H groups in total. The maximum Gasteiger partial charge on any atom is 0.179 e. The first kappa shape index (κ1) is 10.5. The third-order valence-electron chi connectivity index (χ3n) is 0.667. The Morgan fingerprint density at radius 1 is 0.600 bits per heavy atom. The Morgan fingerprint density at radius 2 is 0.700 bits per heavy atom. The summed E-state index contributed by atoms with van der Waals surface area (Å²) < 4.78 is 0. The van der Waals surface area contributed by atoms with Crippen LogP contribution in [0.25, 0.3) is 0 Å². The quantitative estimate of drug-likeness (QED) is 0.554. The van der Waals surface area contributed by atoms with E-state index < -0.39 is 5.98 Å². The maximum absolute atomic E-state index is 4.87. The summed E-state index contributed by atoms with van der Waals surface area (Å²) >= 11 is 14.6. The van der Waals surface area contributed by atoms with Crippen molar-refractivity contribution in [2.24, 2.45) is 0 Å². The molecule has 0 aliphatic heterocycles. The maximum atomic E-state index is 4.87. The van der Waals surface area contributed by atoms with E-state index in [0.29, 0.717) is 0 Å². The van der Waals surface area contributed by atoms with Gasteiger partial charge in [0.1, 0.15) is 0 Å². The molecule has 0 amide bonds. The number of halogens is 3. The topological polar surface area (TPSA) is 0 Å².